The third-order valence-corrected chi connectivity index (χ3v) is 5.23. The van der Waals surface area contributed by atoms with Crippen molar-refractivity contribution in [3.8, 4) is 34.0 Å². The Hall–Kier alpha value is -4.13. The third-order valence-electron chi connectivity index (χ3n) is 5.23. The maximum atomic E-state index is 12.5. The van der Waals surface area contributed by atoms with Gasteiger partial charge in [-0.3, -0.25) is 4.79 Å². The number of hydrogen-bond donors (Lipinski definition) is 1. The van der Waals surface area contributed by atoms with Crippen LogP contribution in [0.15, 0.2) is 71.3 Å². The van der Waals surface area contributed by atoms with Gasteiger partial charge in [-0.25, -0.2) is 0 Å². The van der Waals surface area contributed by atoms with Gasteiger partial charge in [0.2, 0.25) is 17.6 Å². The molecule has 0 bridgehead atoms. The standard InChI is InChI=1S/C26H25N3O4/c1-17-4-6-19(7-5-17)26-28-25(33-29-26)15-14-24(30)27-20-10-13-23(32-3)22(16-20)18-8-11-21(31-2)12-9-18/h4-13,16H,14-15H2,1-3H3,(H,27,30). The predicted octanol–water partition coefficient (Wildman–Crippen LogP) is 5.30. The highest BCUT2D eigenvalue weighted by molar-refractivity contribution is 5.92. The minimum Gasteiger partial charge on any atom is -0.497 e. The van der Waals surface area contributed by atoms with Gasteiger partial charge >= 0.3 is 0 Å². The van der Waals surface area contributed by atoms with Crippen LogP contribution in [0.1, 0.15) is 17.9 Å². The molecule has 4 aromatic rings. The number of carbonyl (C=O) groups excluding carboxylic acids is 1. The first-order chi connectivity index (χ1) is 16.1. The molecule has 0 aliphatic rings. The molecular formula is C26H25N3O4. The molecule has 7 nitrogen and oxygen atoms in total. The molecule has 1 N–H and O–H groups in total. The van der Waals surface area contributed by atoms with Crippen LogP contribution in [-0.4, -0.2) is 30.3 Å². The Morgan fingerprint density at radius 2 is 1.67 bits per heavy atom. The molecule has 0 unspecified atom stereocenters. The van der Waals surface area contributed by atoms with E-state index in [9.17, 15) is 4.79 Å². The molecule has 0 spiro atoms. The maximum Gasteiger partial charge on any atom is 0.227 e. The van der Waals surface area contributed by atoms with E-state index in [1.165, 1.54) is 0 Å². The molecule has 7 heteroatoms. The Kier molecular flexibility index (Phi) is 6.69. The van der Waals surface area contributed by atoms with E-state index in [-0.39, 0.29) is 12.3 Å². The summed E-state index contributed by atoms with van der Waals surface area (Å²) in [6.45, 7) is 2.02. The summed E-state index contributed by atoms with van der Waals surface area (Å²) >= 11 is 0. The summed E-state index contributed by atoms with van der Waals surface area (Å²) in [5, 5.41) is 6.95. The van der Waals surface area contributed by atoms with E-state index in [1.807, 2.05) is 73.7 Å². The largest absolute Gasteiger partial charge is 0.497 e. The van der Waals surface area contributed by atoms with Crippen LogP contribution in [0.5, 0.6) is 11.5 Å². The van der Waals surface area contributed by atoms with Gasteiger partial charge in [0.1, 0.15) is 11.5 Å². The third kappa shape index (κ3) is 5.38. The molecule has 4 rings (SSSR count). The first-order valence-electron chi connectivity index (χ1n) is 10.6. The lowest BCUT2D eigenvalue weighted by Gasteiger charge is -2.12. The van der Waals surface area contributed by atoms with Crippen LogP contribution < -0.4 is 14.8 Å². The molecule has 0 saturated heterocycles. The molecule has 3 aromatic carbocycles. The number of carbonyl (C=O) groups is 1. The SMILES string of the molecule is COc1ccc(-c2cc(NC(=O)CCc3nc(-c4ccc(C)cc4)no3)ccc2OC)cc1. The van der Waals surface area contributed by atoms with Crippen molar-refractivity contribution in [3.63, 3.8) is 0 Å². The number of anilines is 1. The molecule has 33 heavy (non-hydrogen) atoms. The molecule has 1 heterocycles. The van der Waals surface area contributed by atoms with Gasteiger partial charge in [-0.15, -0.1) is 0 Å². The fraction of sp³-hybridized carbons (Fsp3) is 0.192. The number of methoxy groups -OCH3 is 2. The van der Waals surface area contributed by atoms with Crippen molar-refractivity contribution in [2.24, 2.45) is 0 Å². The Morgan fingerprint density at radius 1 is 0.939 bits per heavy atom. The molecule has 0 aliphatic carbocycles. The van der Waals surface area contributed by atoms with E-state index < -0.39 is 0 Å². The summed E-state index contributed by atoms with van der Waals surface area (Å²) in [5.74, 6) is 2.29. The number of hydrogen-bond acceptors (Lipinski definition) is 6. The normalized spacial score (nSPS) is 10.6. The van der Waals surface area contributed by atoms with Crippen LogP contribution >= 0.6 is 0 Å². The van der Waals surface area contributed by atoms with Crippen molar-refractivity contribution < 1.29 is 18.8 Å². The minimum atomic E-state index is -0.143. The smallest absolute Gasteiger partial charge is 0.227 e. The zero-order valence-corrected chi connectivity index (χ0v) is 18.8. The number of amides is 1. The summed E-state index contributed by atoms with van der Waals surface area (Å²) in [4.78, 5) is 16.9. The molecule has 1 aromatic heterocycles. The van der Waals surface area contributed by atoms with E-state index in [1.54, 1.807) is 14.2 Å². The second-order valence-corrected chi connectivity index (χ2v) is 7.57. The van der Waals surface area contributed by atoms with Crippen LogP contribution in [0.3, 0.4) is 0 Å². The molecular weight excluding hydrogens is 418 g/mol. The number of rotatable bonds is 8. The number of ether oxygens (including phenoxy) is 2. The highest BCUT2D eigenvalue weighted by Crippen LogP contribution is 2.33. The Labute approximate surface area is 192 Å². The van der Waals surface area contributed by atoms with Crippen molar-refractivity contribution in [1.29, 1.82) is 0 Å². The van der Waals surface area contributed by atoms with Gasteiger partial charge in [0, 0.05) is 29.7 Å². The van der Waals surface area contributed by atoms with Crippen molar-refractivity contribution in [2.45, 2.75) is 19.8 Å². The quantitative estimate of drug-likeness (QED) is 0.398. The lowest BCUT2D eigenvalue weighted by Crippen LogP contribution is -2.12. The van der Waals surface area contributed by atoms with Gasteiger partial charge in [0.05, 0.1) is 14.2 Å². The van der Waals surface area contributed by atoms with Crippen LogP contribution in [0.25, 0.3) is 22.5 Å². The zero-order valence-electron chi connectivity index (χ0n) is 18.8. The van der Waals surface area contributed by atoms with E-state index >= 15 is 0 Å². The number of aromatic nitrogens is 2. The molecule has 1 amide bonds. The number of benzene rings is 3. The van der Waals surface area contributed by atoms with Crippen LogP contribution in [0.4, 0.5) is 5.69 Å². The number of nitrogens with zero attached hydrogens (tertiary/aromatic N) is 2. The summed E-state index contributed by atoms with van der Waals surface area (Å²) in [7, 11) is 3.25. The van der Waals surface area contributed by atoms with Gasteiger partial charge in [0.15, 0.2) is 0 Å². The van der Waals surface area contributed by atoms with Gasteiger partial charge < -0.3 is 19.3 Å². The van der Waals surface area contributed by atoms with Gasteiger partial charge in [-0.05, 0) is 42.8 Å². The van der Waals surface area contributed by atoms with Gasteiger partial charge in [0.25, 0.3) is 0 Å². The maximum absolute atomic E-state index is 12.5. The zero-order chi connectivity index (χ0) is 23.2. The summed E-state index contributed by atoms with van der Waals surface area (Å²) < 4.78 is 16.0. The first-order valence-corrected chi connectivity index (χ1v) is 10.6. The predicted molar refractivity (Wildman–Crippen MR) is 126 cm³/mol. The average molecular weight is 444 g/mol. The molecule has 0 saturated carbocycles. The van der Waals surface area contributed by atoms with Crippen LogP contribution in [0.2, 0.25) is 0 Å². The van der Waals surface area contributed by atoms with E-state index in [0.29, 0.717) is 29.6 Å². The molecule has 0 radical (unpaired) electrons. The molecule has 0 aliphatic heterocycles. The summed E-state index contributed by atoms with van der Waals surface area (Å²) in [6, 6.07) is 21.1. The van der Waals surface area contributed by atoms with Crippen LogP contribution in [0, 0.1) is 6.92 Å². The molecule has 0 atom stereocenters. The van der Waals surface area contributed by atoms with E-state index in [2.05, 4.69) is 15.5 Å². The Bertz CT molecular complexity index is 1230. The van der Waals surface area contributed by atoms with Gasteiger partial charge in [-0.2, -0.15) is 4.98 Å². The minimum absolute atomic E-state index is 0.143. The summed E-state index contributed by atoms with van der Waals surface area (Å²) in [6.07, 6.45) is 0.575. The Balaban J connectivity index is 1.40. The fourth-order valence-electron chi connectivity index (χ4n) is 3.40. The van der Waals surface area contributed by atoms with Crippen LogP contribution in [-0.2, 0) is 11.2 Å². The average Bonchev–Trinajstić information content (AvgIpc) is 3.32. The highest BCUT2D eigenvalue weighted by atomic mass is 16.5. The topological polar surface area (TPSA) is 86.5 Å². The van der Waals surface area contributed by atoms with Crippen molar-refractivity contribution in [2.75, 3.05) is 19.5 Å². The number of nitrogens with one attached hydrogen (secondary N) is 1. The van der Waals surface area contributed by atoms with E-state index in [0.717, 1.165) is 28.0 Å². The Morgan fingerprint density at radius 3 is 2.36 bits per heavy atom. The van der Waals surface area contributed by atoms with Crippen molar-refractivity contribution in [1.82, 2.24) is 10.1 Å². The van der Waals surface area contributed by atoms with E-state index in [4.69, 9.17) is 14.0 Å². The molecule has 168 valence electrons. The fourth-order valence-corrected chi connectivity index (χ4v) is 3.40. The summed E-state index contributed by atoms with van der Waals surface area (Å²) in [5.41, 5.74) is 4.55. The van der Waals surface area contributed by atoms with Gasteiger partial charge in [-0.1, -0.05) is 47.1 Å². The first kappa shape index (κ1) is 22.1. The second-order valence-electron chi connectivity index (χ2n) is 7.57. The highest BCUT2D eigenvalue weighted by Gasteiger charge is 2.13. The number of aryl methyl sites for hydroxylation is 2. The lowest BCUT2D eigenvalue weighted by atomic mass is 10.0. The van der Waals surface area contributed by atoms with Crippen molar-refractivity contribution in [3.05, 3.63) is 78.2 Å². The lowest BCUT2D eigenvalue weighted by molar-refractivity contribution is -0.116. The monoisotopic (exact) mass is 443 g/mol. The second kappa shape index (κ2) is 9.99. The molecule has 0 fully saturated rings. The van der Waals surface area contributed by atoms with Crippen molar-refractivity contribution >= 4 is 11.6 Å².